The fourth-order valence-corrected chi connectivity index (χ4v) is 3.69. The first-order valence-electron chi connectivity index (χ1n) is 7.87. The Morgan fingerprint density at radius 3 is 2.75 bits per heavy atom. The van der Waals surface area contributed by atoms with Gasteiger partial charge < -0.3 is 9.42 Å². The van der Waals surface area contributed by atoms with E-state index >= 15 is 0 Å². The van der Waals surface area contributed by atoms with Gasteiger partial charge in [-0.15, -0.1) is 11.3 Å². The summed E-state index contributed by atoms with van der Waals surface area (Å²) in [7, 11) is 0. The monoisotopic (exact) mass is 360 g/mol. The van der Waals surface area contributed by atoms with Crippen molar-refractivity contribution < 1.29 is 4.52 Å². The summed E-state index contributed by atoms with van der Waals surface area (Å²) in [4.78, 5) is 10.2. The van der Waals surface area contributed by atoms with Gasteiger partial charge in [0.05, 0.1) is 11.4 Å². The number of nitrogens with zero attached hydrogens (tertiary/aromatic N) is 4. The molecule has 1 aliphatic rings. The molecule has 0 radical (unpaired) electrons. The zero-order chi connectivity index (χ0) is 16.4. The maximum Gasteiger partial charge on any atom is 0.241 e. The molecule has 1 saturated heterocycles. The second kappa shape index (κ2) is 6.93. The molecule has 2 aromatic heterocycles. The Balaban J connectivity index is 1.35. The van der Waals surface area contributed by atoms with Crippen LogP contribution in [0, 0.1) is 0 Å². The average molecular weight is 361 g/mol. The summed E-state index contributed by atoms with van der Waals surface area (Å²) in [6, 6.07) is 12.0. The molecule has 1 aliphatic heterocycles. The van der Waals surface area contributed by atoms with Crippen LogP contribution in [0.1, 0.15) is 5.89 Å². The Bertz CT molecular complexity index is 797. The Labute approximate surface area is 149 Å². The lowest BCUT2D eigenvalue weighted by Gasteiger charge is -2.35. The van der Waals surface area contributed by atoms with Gasteiger partial charge in [0.1, 0.15) is 0 Å². The van der Waals surface area contributed by atoms with Crippen LogP contribution in [0.3, 0.4) is 0 Å². The molecule has 0 atom stereocenters. The molecule has 7 heteroatoms. The number of halogens is 1. The van der Waals surface area contributed by atoms with Gasteiger partial charge in [0, 0.05) is 36.9 Å². The van der Waals surface area contributed by atoms with E-state index in [-0.39, 0.29) is 0 Å². The van der Waals surface area contributed by atoms with E-state index in [1.54, 1.807) is 11.3 Å². The Hall–Kier alpha value is -1.89. The third-order valence-corrected chi connectivity index (χ3v) is 5.22. The van der Waals surface area contributed by atoms with Crippen LogP contribution < -0.4 is 4.90 Å². The van der Waals surface area contributed by atoms with Crippen LogP contribution in [0.25, 0.3) is 10.7 Å². The largest absolute Gasteiger partial charge is 0.369 e. The van der Waals surface area contributed by atoms with E-state index in [1.165, 1.54) is 5.69 Å². The number of aromatic nitrogens is 2. The molecule has 0 unspecified atom stereocenters. The van der Waals surface area contributed by atoms with Gasteiger partial charge in [-0.05, 0) is 29.6 Å². The van der Waals surface area contributed by atoms with Gasteiger partial charge >= 0.3 is 0 Å². The topological polar surface area (TPSA) is 45.4 Å². The van der Waals surface area contributed by atoms with Crippen LogP contribution in [0.2, 0.25) is 5.02 Å². The zero-order valence-electron chi connectivity index (χ0n) is 13.1. The van der Waals surface area contributed by atoms with Gasteiger partial charge in [-0.2, -0.15) is 4.98 Å². The van der Waals surface area contributed by atoms with Crippen molar-refractivity contribution in [1.82, 2.24) is 15.0 Å². The minimum atomic E-state index is 0.676. The molecule has 0 bridgehead atoms. The van der Waals surface area contributed by atoms with Crippen LogP contribution in [0.4, 0.5) is 5.69 Å². The minimum absolute atomic E-state index is 0.676. The standard InChI is InChI=1S/C17H17ClN4OS/c18-13-3-1-4-14(11-13)22-8-6-21(7-9-22)12-16-19-17(20-23-16)15-5-2-10-24-15/h1-5,10-11H,6-9,12H2. The molecule has 124 valence electrons. The van der Waals surface area contributed by atoms with E-state index < -0.39 is 0 Å². The molecule has 5 nitrogen and oxygen atoms in total. The lowest BCUT2D eigenvalue weighted by molar-refractivity contribution is 0.215. The highest BCUT2D eigenvalue weighted by Gasteiger charge is 2.20. The van der Waals surface area contributed by atoms with Crippen molar-refractivity contribution in [2.75, 3.05) is 31.1 Å². The Kier molecular flexibility index (Phi) is 4.51. The van der Waals surface area contributed by atoms with Gasteiger partial charge in [0.15, 0.2) is 0 Å². The molecular formula is C17H17ClN4OS. The SMILES string of the molecule is Clc1cccc(N2CCN(Cc3nc(-c4cccs4)no3)CC2)c1. The molecule has 3 heterocycles. The number of hydrogen-bond acceptors (Lipinski definition) is 6. The smallest absolute Gasteiger partial charge is 0.241 e. The second-order valence-corrected chi connectivity index (χ2v) is 7.12. The predicted octanol–water partition coefficient (Wildman–Crippen LogP) is 3.77. The number of hydrogen-bond donors (Lipinski definition) is 0. The molecule has 0 aliphatic carbocycles. The van der Waals surface area contributed by atoms with E-state index in [4.69, 9.17) is 16.1 Å². The van der Waals surface area contributed by atoms with Crippen molar-refractivity contribution in [3.8, 4) is 10.7 Å². The molecule has 0 spiro atoms. The summed E-state index contributed by atoms with van der Waals surface area (Å²) in [5.41, 5.74) is 1.18. The summed E-state index contributed by atoms with van der Waals surface area (Å²) in [6.07, 6.45) is 0. The van der Waals surface area contributed by atoms with Gasteiger partial charge in [-0.3, -0.25) is 4.90 Å². The van der Waals surface area contributed by atoms with Crippen LogP contribution >= 0.6 is 22.9 Å². The van der Waals surface area contributed by atoms with Crippen molar-refractivity contribution in [3.63, 3.8) is 0 Å². The summed E-state index contributed by atoms with van der Waals surface area (Å²) in [6.45, 7) is 4.55. The third kappa shape index (κ3) is 3.45. The first kappa shape index (κ1) is 15.6. The van der Waals surface area contributed by atoms with Crippen molar-refractivity contribution >= 4 is 28.6 Å². The van der Waals surface area contributed by atoms with Gasteiger partial charge in [-0.1, -0.05) is 28.9 Å². The minimum Gasteiger partial charge on any atom is -0.369 e. The zero-order valence-corrected chi connectivity index (χ0v) is 14.6. The van der Waals surface area contributed by atoms with Crippen LogP contribution in [-0.2, 0) is 6.54 Å². The van der Waals surface area contributed by atoms with Crippen molar-refractivity contribution in [2.24, 2.45) is 0 Å². The second-order valence-electron chi connectivity index (χ2n) is 5.73. The number of piperazine rings is 1. The van der Waals surface area contributed by atoms with Crippen LogP contribution in [0.15, 0.2) is 46.3 Å². The molecule has 3 aromatic rings. The first-order chi connectivity index (χ1) is 11.8. The molecule has 24 heavy (non-hydrogen) atoms. The van der Waals surface area contributed by atoms with E-state index in [2.05, 4.69) is 26.0 Å². The molecule has 0 amide bonds. The summed E-state index contributed by atoms with van der Waals surface area (Å²) >= 11 is 7.70. The lowest BCUT2D eigenvalue weighted by Crippen LogP contribution is -2.46. The predicted molar refractivity (Wildman–Crippen MR) is 96.6 cm³/mol. The third-order valence-electron chi connectivity index (χ3n) is 4.11. The molecule has 0 N–H and O–H groups in total. The summed E-state index contributed by atoms with van der Waals surface area (Å²) in [5.74, 6) is 1.35. The van der Waals surface area contributed by atoms with Crippen molar-refractivity contribution in [2.45, 2.75) is 6.54 Å². The number of benzene rings is 1. The summed E-state index contributed by atoms with van der Waals surface area (Å²) in [5, 5.41) is 6.86. The number of rotatable bonds is 4. The van der Waals surface area contributed by atoms with Crippen molar-refractivity contribution in [3.05, 3.63) is 52.7 Å². The number of thiophene rings is 1. The van der Waals surface area contributed by atoms with Gasteiger partial charge in [-0.25, -0.2) is 0 Å². The van der Waals surface area contributed by atoms with E-state index in [9.17, 15) is 0 Å². The average Bonchev–Trinajstić information content (AvgIpc) is 3.27. The van der Waals surface area contributed by atoms with Crippen molar-refractivity contribution in [1.29, 1.82) is 0 Å². The summed E-state index contributed by atoms with van der Waals surface area (Å²) < 4.78 is 5.39. The number of anilines is 1. The highest BCUT2D eigenvalue weighted by Crippen LogP contribution is 2.23. The van der Waals surface area contributed by atoms with E-state index in [1.807, 2.05) is 35.7 Å². The van der Waals surface area contributed by atoms with Crippen LogP contribution in [0.5, 0.6) is 0 Å². The Morgan fingerprint density at radius 1 is 1.12 bits per heavy atom. The maximum absolute atomic E-state index is 6.08. The van der Waals surface area contributed by atoms with E-state index in [0.717, 1.165) is 36.1 Å². The molecule has 4 rings (SSSR count). The molecule has 1 aromatic carbocycles. The lowest BCUT2D eigenvalue weighted by atomic mass is 10.2. The normalized spacial score (nSPS) is 15.8. The highest BCUT2D eigenvalue weighted by molar-refractivity contribution is 7.13. The Morgan fingerprint density at radius 2 is 2.00 bits per heavy atom. The van der Waals surface area contributed by atoms with Gasteiger partial charge in [0.25, 0.3) is 0 Å². The fourth-order valence-electron chi connectivity index (χ4n) is 2.85. The first-order valence-corrected chi connectivity index (χ1v) is 9.13. The van der Waals surface area contributed by atoms with Crippen LogP contribution in [-0.4, -0.2) is 41.2 Å². The van der Waals surface area contributed by atoms with E-state index in [0.29, 0.717) is 18.3 Å². The maximum atomic E-state index is 6.08. The molecule has 0 saturated carbocycles. The molecule has 1 fully saturated rings. The van der Waals surface area contributed by atoms with Gasteiger partial charge in [0.2, 0.25) is 11.7 Å². The fraction of sp³-hybridized carbons (Fsp3) is 0.294. The quantitative estimate of drug-likeness (QED) is 0.708. The highest BCUT2D eigenvalue weighted by atomic mass is 35.5. The molecular weight excluding hydrogens is 344 g/mol.